The second-order valence-electron chi connectivity index (χ2n) is 4.74. The largest absolute Gasteiger partial charge is 0.390 e. The van der Waals surface area contributed by atoms with E-state index in [2.05, 4.69) is 6.08 Å². The first-order chi connectivity index (χ1) is 7.04. The average molecular weight is 214 g/mol. The predicted octanol–water partition coefficient (Wildman–Crippen LogP) is 2.10. The highest BCUT2D eigenvalue weighted by molar-refractivity contribution is 5.08. The Bertz CT molecular complexity index is 215. The van der Waals surface area contributed by atoms with E-state index >= 15 is 0 Å². The Morgan fingerprint density at radius 1 is 1.53 bits per heavy atom. The maximum absolute atomic E-state index is 9.86. The molecule has 3 nitrogen and oxygen atoms in total. The maximum atomic E-state index is 9.86. The van der Waals surface area contributed by atoms with Gasteiger partial charge in [0.1, 0.15) is 6.79 Å². The molecule has 0 aromatic carbocycles. The molecule has 1 aliphatic rings. The predicted molar refractivity (Wildman–Crippen MR) is 59.5 cm³/mol. The van der Waals surface area contributed by atoms with E-state index in [0.717, 1.165) is 19.3 Å². The van der Waals surface area contributed by atoms with E-state index in [0.29, 0.717) is 19.3 Å². The van der Waals surface area contributed by atoms with Gasteiger partial charge >= 0.3 is 0 Å². The molecule has 0 aliphatic heterocycles. The summed E-state index contributed by atoms with van der Waals surface area (Å²) in [5.74, 6) is 0.378. The fourth-order valence-corrected chi connectivity index (χ4v) is 1.92. The molecule has 1 atom stereocenters. The van der Waals surface area contributed by atoms with E-state index < -0.39 is 5.60 Å². The van der Waals surface area contributed by atoms with Crippen LogP contribution in [0.3, 0.4) is 0 Å². The van der Waals surface area contributed by atoms with Gasteiger partial charge in [-0.1, -0.05) is 6.08 Å². The van der Waals surface area contributed by atoms with Crippen LogP contribution in [0.15, 0.2) is 11.6 Å². The van der Waals surface area contributed by atoms with Crippen molar-refractivity contribution in [2.24, 2.45) is 5.92 Å². The molecule has 0 heterocycles. The number of rotatable bonds is 5. The molecule has 0 radical (unpaired) electrons. The lowest BCUT2D eigenvalue weighted by Gasteiger charge is -2.31. The van der Waals surface area contributed by atoms with Crippen molar-refractivity contribution in [1.82, 2.24) is 0 Å². The van der Waals surface area contributed by atoms with Crippen molar-refractivity contribution in [1.29, 1.82) is 0 Å². The van der Waals surface area contributed by atoms with Crippen molar-refractivity contribution >= 4 is 0 Å². The Balaban J connectivity index is 2.32. The number of allylic oxidation sites excluding steroid dienone is 1. The topological polar surface area (TPSA) is 38.7 Å². The maximum Gasteiger partial charge on any atom is 0.146 e. The molecule has 1 rings (SSSR count). The Morgan fingerprint density at radius 3 is 2.73 bits per heavy atom. The quantitative estimate of drug-likeness (QED) is 0.433. The average Bonchev–Trinajstić information content (AvgIpc) is 2.18. The first-order valence-electron chi connectivity index (χ1n) is 5.51. The standard InChI is InChI=1S/C12H22O3/c1-12(2,13)11-6-4-10(5-7-11)8-15-9-14-3/h4,11,13H,5-9H2,1-3H3. The highest BCUT2D eigenvalue weighted by Gasteiger charge is 2.27. The third kappa shape index (κ3) is 4.33. The van der Waals surface area contributed by atoms with Crippen molar-refractivity contribution in [3.63, 3.8) is 0 Å². The lowest BCUT2D eigenvalue weighted by atomic mass is 9.80. The van der Waals surface area contributed by atoms with Crippen LogP contribution in [-0.4, -0.2) is 31.2 Å². The molecule has 1 aliphatic carbocycles. The van der Waals surface area contributed by atoms with Gasteiger partial charge in [0.25, 0.3) is 0 Å². The Morgan fingerprint density at radius 2 is 2.27 bits per heavy atom. The smallest absolute Gasteiger partial charge is 0.146 e. The molecule has 1 unspecified atom stereocenters. The van der Waals surface area contributed by atoms with Crippen molar-refractivity contribution in [2.45, 2.75) is 38.7 Å². The van der Waals surface area contributed by atoms with E-state index in [1.54, 1.807) is 7.11 Å². The van der Waals surface area contributed by atoms with Crippen LogP contribution >= 0.6 is 0 Å². The number of hydrogen-bond acceptors (Lipinski definition) is 3. The van der Waals surface area contributed by atoms with Crippen LogP contribution in [-0.2, 0) is 9.47 Å². The summed E-state index contributed by atoms with van der Waals surface area (Å²) < 4.78 is 10.1. The van der Waals surface area contributed by atoms with Crippen LogP contribution in [0.4, 0.5) is 0 Å². The van der Waals surface area contributed by atoms with Crippen molar-refractivity contribution in [3.8, 4) is 0 Å². The molecule has 0 aromatic rings. The van der Waals surface area contributed by atoms with Gasteiger partial charge in [-0.25, -0.2) is 0 Å². The molecule has 0 fully saturated rings. The zero-order valence-corrected chi connectivity index (χ0v) is 9.95. The minimum atomic E-state index is -0.560. The van der Waals surface area contributed by atoms with Gasteiger partial charge < -0.3 is 14.6 Å². The normalized spacial score (nSPS) is 22.7. The number of aliphatic hydroxyl groups is 1. The Kier molecular flexibility index (Phi) is 4.77. The van der Waals surface area contributed by atoms with E-state index in [1.807, 2.05) is 13.8 Å². The third-order valence-corrected chi connectivity index (χ3v) is 2.99. The molecule has 1 N–H and O–H groups in total. The van der Waals surface area contributed by atoms with Crippen molar-refractivity contribution in [3.05, 3.63) is 11.6 Å². The van der Waals surface area contributed by atoms with Gasteiger partial charge in [-0.3, -0.25) is 0 Å². The number of ether oxygens (including phenoxy) is 2. The summed E-state index contributed by atoms with van der Waals surface area (Å²) in [5, 5.41) is 9.86. The van der Waals surface area contributed by atoms with E-state index in [-0.39, 0.29) is 0 Å². The molecule has 0 amide bonds. The molecule has 0 spiro atoms. The van der Waals surface area contributed by atoms with Crippen molar-refractivity contribution < 1.29 is 14.6 Å². The Labute approximate surface area is 92.1 Å². The molecular formula is C12H22O3. The summed E-state index contributed by atoms with van der Waals surface area (Å²) in [7, 11) is 1.62. The van der Waals surface area contributed by atoms with Crippen LogP contribution in [0.5, 0.6) is 0 Å². The van der Waals surface area contributed by atoms with Gasteiger partial charge in [0.15, 0.2) is 0 Å². The minimum Gasteiger partial charge on any atom is -0.390 e. The highest BCUT2D eigenvalue weighted by atomic mass is 16.7. The van der Waals surface area contributed by atoms with Gasteiger partial charge in [0, 0.05) is 7.11 Å². The van der Waals surface area contributed by atoms with Gasteiger partial charge in [0.2, 0.25) is 0 Å². The van der Waals surface area contributed by atoms with E-state index in [9.17, 15) is 5.11 Å². The van der Waals surface area contributed by atoms with Crippen LogP contribution in [0, 0.1) is 5.92 Å². The zero-order valence-electron chi connectivity index (χ0n) is 9.95. The summed E-state index contributed by atoms with van der Waals surface area (Å²) >= 11 is 0. The van der Waals surface area contributed by atoms with Gasteiger partial charge in [-0.15, -0.1) is 0 Å². The first-order valence-corrected chi connectivity index (χ1v) is 5.51. The minimum absolute atomic E-state index is 0.353. The molecule has 88 valence electrons. The van der Waals surface area contributed by atoms with Gasteiger partial charge in [-0.2, -0.15) is 0 Å². The van der Waals surface area contributed by atoms with Crippen LogP contribution in [0.1, 0.15) is 33.1 Å². The molecular weight excluding hydrogens is 192 g/mol. The molecule has 0 saturated carbocycles. The van der Waals surface area contributed by atoms with Gasteiger partial charge in [-0.05, 0) is 44.6 Å². The third-order valence-electron chi connectivity index (χ3n) is 2.99. The highest BCUT2D eigenvalue weighted by Crippen LogP contribution is 2.31. The Hall–Kier alpha value is -0.380. The van der Waals surface area contributed by atoms with Crippen molar-refractivity contribution in [2.75, 3.05) is 20.5 Å². The molecule has 3 heteroatoms. The fraction of sp³-hybridized carbons (Fsp3) is 0.833. The van der Waals surface area contributed by atoms with Gasteiger partial charge in [0.05, 0.1) is 12.2 Å². The lowest BCUT2D eigenvalue weighted by molar-refractivity contribution is -0.0240. The summed E-state index contributed by atoms with van der Waals surface area (Å²) in [5.41, 5.74) is 0.766. The number of methoxy groups -OCH3 is 1. The van der Waals surface area contributed by atoms with Crippen LogP contribution in [0.25, 0.3) is 0 Å². The van der Waals surface area contributed by atoms with Crippen LogP contribution < -0.4 is 0 Å². The molecule has 15 heavy (non-hydrogen) atoms. The summed E-state index contributed by atoms with van der Waals surface area (Å²) in [6.07, 6.45) is 5.22. The summed E-state index contributed by atoms with van der Waals surface area (Å²) in [6, 6.07) is 0. The monoisotopic (exact) mass is 214 g/mol. The molecule has 0 saturated heterocycles. The SMILES string of the molecule is COCOCC1=CCC(C(C)(C)O)CC1. The summed E-state index contributed by atoms with van der Waals surface area (Å²) in [6.45, 7) is 4.79. The fourth-order valence-electron chi connectivity index (χ4n) is 1.92. The van der Waals surface area contributed by atoms with Crippen LogP contribution in [0.2, 0.25) is 0 Å². The first kappa shape index (κ1) is 12.7. The van der Waals surface area contributed by atoms with E-state index in [4.69, 9.17) is 9.47 Å². The van der Waals surface area contributed by atoms with E-state index in [1.165, 1.54) is 5.57 Å². The number of hydrogen-bond donors (Lipinski definition) is 1. The second-order valence-corrected chi connectivity index (χ2v) is 4.74. The summed E-state index contributed by atoms with van der Waals surface area (Å²) in [4.78, 5) is 0. The second kappa shape index (κ2) is 5.64. The zero-order chi connectivity index (χ0) is 11.3. The lowest BCUT2D eigenvalue weighted by Crippen LogP contribution is -2.32. The molecule has 0 bridgehead atoms. The molecule has 0 aromatic heterocycles.